The van der Waals surface area contributed by atoms with Crippen molar-refractivity contribution in [1.82, 2.24) is 4.90 Å². The highest BCUT2D eigenvalue weighted by atomic mass is 35.5. The topological polar surface area (TPSA) is 58.6 Å². The van der Waals surface area contributed by atoms with Gasteiger partial charge in [0.1, 0.15) is 5.75 Å². The van der Waals surface area contributed by atoms with Crippen LogP contribution < -0.4 is 10.1 Å². The van der Waals surface area contributed by atoms with E-state index in [1.54, 1.807) is 18.2 Å². The lowest BCUT2D eigenvalue weighted by Crippen LogP contribution is -2.32. The van der Waals surface area contributed by atoms with Gasteiger partial charge in [0.2, 0.25) is 5.91 Å². The van der Waals surface area contributed by atoms with E-state index in [-0.39, 0.29) is 24.5 Å². The first-order valence-electron chi connectivity index (χ1n) is 10.4. The second kappa shape index (κ2) is 10.6. The normalized spacial score (nSPS) is 15.0. The summed E-state index contributed by atoms with van der Waals surface area (Å²) in [5.74, 6) is 0.923. The molecular formula is C24H29ClN2O3. The first-order chi connectivity index (χ1) is 14.4. The summed E-state index contributed by atoms with van der Waals surface area (Å²) in [6.07, 6.45) is 2.71. The van der Waals surface area contributed by atoms with Gasteiger partial charge in [-0.15, -0.1) is 0 Å². The number of hydrogen-bond acceptors (Lipinski definition) is 4. The van der Waals surface area contributed by atoms with Crippen molar-refractivity contribution < 1.29 is 14.3 Å². The summed E-state index contributed by atoms with van der Waals surface area (Å²) >= 11 is 5.98. The molecule has 5 nitrogen and oxygen atoms in total. The summed E-state index contributed by atoms with van der Waals surface area (Å²) in [5.41, 5.74) is 2.38. The zero-order valence-electron chi connectivity index (χ0n) is 17.6. The molecule has 1 amide bonds. The van der Waals surface area contributed by atoms with Gasteiger partial charge in [0.25, 0.3) is 0 Å². The predicted molar refractivity (Wildman–Crippen MR) is 120 cm³/mol. The number of anilines is 1. The maximum Gasteiger partial charge on any atom is 0.224 e. The Morgan fingerprint density at radius 2 is 1.80 bits per heavy atom. The minimum Gasteiger partial charge on any atom is -0.496 e. The third kappa shape index (κ3) is 6.31. The number of nitrogens with one attached hydrogen (secondary N) is 1. The highest BCUT2D eigenvalue weighted by Crippen LogP contribution is 2.24. The molecule has 1 fully saturated rings. The number of halogens is 1. The van der Waals surface area contributed by atoms with Gasteiger partial charge >= 0.3 is 0 Å². The number of carbonyl (C=O) groups is 2. The van der Waals surface area contributed by atoms with Crippen LogP contribution in [0.5, 0.6) is 5.75 Å². The van der Waals surface area contributed by atoms with Crippen LogP contribution in [0.1, 0.15) is 48.5 Å². The Kier molecular flexibility index (Phi) is 7.88. The van der Waals surface area contributed by atoms with Gasteiger partial charge in [-0.25, -0.2) is 0 Å². The number of Topliss-reactive ketones (excluding diaryl/α,β-unsaturated/α-hetero) is 1. The van der Waals surface area contributed by atoms with E-state index in [0.717, 1.165) is 31.2 Å². The second-order valence-electron chi connectivity index (χ2n) is 7.97. The Morgan fingerprint density at radius 3 is 2.47 bits per heavy atom. The largest absolute Gasteiger partial charge is 0.496 e. The van der Waals surface area contributed by atoms with Crippen molar-refractivity contribution in [2.24, 2.45) is 5.92 Å². The number of piperidine rings is 1. The number of ketones is 1. The fourth-order valence-corrected chi connectivity index (χ4v) is 3.83. The quantitative estimate of drug-likeness (QED) is 0.588. The zero-order valence-corrected chi connectivity index (χ0v) is 18.4. The second-order valence-corrected chi connectivity index (χ2v) is 8.41. The smallest absolute Gasteiger partial charge is 0.224 e. The summed E-state index contributed by atoms with van der Waals surface area (Å²) in [4.78, 5) is 27.2. The maximum atomic E-state index is 12.5. The number of amides is 1. The van der Waals surface area contributed by atoms with Crippen LogP contribution in [0.3, 0.4) is 0 Å². The van der Waals surface area contributed by atoms with Crippen molar-refractivity contribution in [3.63, 3.8) is 0 Å². The lowest BCUT2D eigenvalue weighted by molar-refractivity contribution is -0.116. The Hall–Kier alpha value is -2.37. The minimum absolute atomic E-state index is 0.0913. The first kappa shape index (κ1) is 22.3. The number of ether oxygens (including phenoxy) is 1. The fraction of sp³-hybridized carbons (Fsp3) is 0.417. The lowest BCUT2D eigenvalue weighted by Gasteiger charge is -2.30. The molecule has 1 saturated heterocycles. The molecule has 0 aromatic heterocycles. The molecule has 1 aliphatic rings. The monoisotopic (exact) mass is 428 g/mol. The lowest BCUT2D eigenvalue weighted by atomic mass is 9.99. The van der Waals surface area contributed by atoms with Crippen molar-refractivity contribution in [3.8, 4) is 5.75 Å². The van der Waals surface area contributed by atoms with E-state index in [2.05, 4.69) is 29.3 Å². The van der Waals surface area contributed by atoms with E-state index < -0.39 is 0 Å². The van der Waals surface area contributed by atoms with E-state index in [9.17, 15) is 9.59 Å². The molecule has 1 N–H and O–H groups in total. The van der Waals surface area contributed by atoms with Crippen LogP contribution in [0.4, 0.5) is 5.69 Å². The molecule has 3 rings (SSSR count). The molecule has 30 heavy (non-hydrogen) atoms. The molecule has 0 atom stereocenters. The van der Waals surface area contributed by atoms with E-state index in [0.29, 0.717) is 16.3 Å². The van der Waals surface area contributed by atoms with Crippen LogP contribution in [-0.2, 0) is 11.3 Å². The number of likely N-dealkylation sites (tertiary alicyclic amines) is 1. The molecule has 0 spiro atoms. The molecule has 1 aliphatic heterocycles. The van der Waals surface area contributed by atoms with Gasteiger partial charge in [-0.3, -0.25) is 14.5 Å². The van der Waals surface area contributed by atoms with Gasteiger partial charge in [-0.05, 0) is 67.7 Å². The number of benzene rings is 2. The standard InChI is InChI=1S/C24H29ClN2O3/c1-17-11-13-27(14-12-17)16-18-3-6-20(7-4-18)26-24(29)10-8-22(28)21-15-19(25)5-9-23(21)30-2/h3-7,9,15,17H,8,10-14,16H2,1-2H3,(H,26,29). The first-order valence-corrected chi connectivity index (χ1v) is 10.8. The van der Waals surface area contributed by atoms with Gasteiger partial charge < -0.3 is 10.1 Å². The number of hydrogen-bond donors (Lipinski definition) is 1. The van der Waals surface area contributed by atoms with Crippen LogP contribution in [0.2, 0.25) is 5.02 Å². The van der Waals surface area contributed by atoms with Crippen molar-refractivity contribution >= 4 is 29.0 Å². The van der Waals surface area contributed by atoms with E-state index in [1.165, 1.54) is 25.5 Å². The third-order valence-electron chi connectivity index (χ3n) is 5.56. The summed E-state index contributed by atoms with van der Waals surface area (Å²) in [5, 5.41) is 3.32. The summed E-state index contributed by atoms with van der Waals surface area (Å²) < 4.78 is 5.21. The predicted octanol–water partition coefficient (Wildman–Crippen LogP) is 5.18. The minimum atomic E-state index is -0.192. The number of nitrogens with zero attached hydrogens (tertiary/aromatic N) is 1. The number of carbonyl (C=O) groups excluding carboxylic acids is 2. The Labute approximate surface area is 183 Å². The molecule has 2 aromatic carbocycles. The van der Waals surface area contributed by atoms with Gasteiger partial charge in [0, 0.05) is 30.1 Å². The van der Waals surface area contributed by atoms with Crippen LogP contribution in [-0.4, -0.2) is 36.8 Å². The van der Waals surface area contributed by atoms with E-state index in [4.69, 9.17) is 16.3 Å². The van der Waals surface area contributed by atoms with Gasteiger partial charge in [0.05, 0.1) is 12.7 Å². The van der Waals surface area contributed by atoms with Gasteiger partial charge in [-0.1, -0.05) is 30.7 Å². The van der Waals surface area contributed by atoms with E-state index in [1.807, 2.05) is 12.1 Å². The number of methoxy groups -OCH3 is 1. The molecule has 2 aromatic rings. The third-order valence-corrected chi connectivity index (χ3v) is 5.80. The van der Waals surface area contributed by atoms with Crippen molar-refractivity contribution in [1.29, 1.82) is 0 Å². The summed E-state index contributed by atoms with van der Waals surface area (Å²) in [6.45, 7) is 5.54. The molecular weight excluding hydrogens is 400 g/mol. The molecule has 0 aliphatic carbocycles. The Bertz CT molecular complexity index is 875. The van der Waals surface area contributed by atoms with Crippen molar-refractivity contribution in [3.05, 3.63) is 58.6 Å². The van der Waals surface area contributed by atoms with Gasteiger partial charge in [0.15, 0.2) is 5.78 Å². The maximum absolute atomic E-state index is 12.5. The SMILES string of the molecule is COc1ccc(Cl)cc1C(=O)CCC(=O)Nc1ccc(CN2CCC(C)CC2)cc1. The van der Waals surface area contributed by atoms with Crippen LogP contribution >= 0.6 is 11.6 Å². The van der Waals surface area contributed by atoms with Crippen molar-refractivity contribution in [2.75, 3.05) is 25.5 Å². The highest BCUT2D eigenvalue weighted by Gasteiger charge is 2.16. The zero-order chi connectivity index (χ0) is 21.5. The average molecular weight is 429 g/mol. The van der Waals surface area contributed by atoms with Crippen molar-refractivity contribution in [2.45, 2.75) is 39.2 Å². The molecule has 0 saturated carbocycles. The van der Waals surface area contributed by atoms with Crippen LogP contribution in [0.25, 0.3) is 0 Å². The van der Waals surface area contributed by atoms with Gasteiger partial charge in [-0.2, -0.15) is 0 Å². The van der Waals surface area contributed by atoms with Crippen LogP contribution in [0, 0.1) is 5.92 Å². The average Bonchev–Trinajstić information content (AvgIpc) is 2.75. The number of rotatable bonds is 8. The highest BCUT2D eigenvalue weighted by molar-refractivity contribution is 6.31. The molecule has 0 bridgehead atoms. The molecule has 6 heteroatoms. The molecule has 1 heterocycles. The van der Waals surface area contributed by atoms with Crippen LogP contribution in [0.15, 0.2) is 42.5 Å². The summed E-state index contributed by atoms with van der Waals surface area (Å²) in [6, 6.07) is 12.8. The Balaban J connectivity index is 1.48. The molecule has 0 radical (unpaired) electrons. The summed E-state index contributed by atoms with van der Waals surface area (Å²) in [7, 11) is 1.50. The molecule has 0 unspecified atom stereocenters. The fourth-order valence-electron chi connectivity index (χ4n) is 3.66. The van der Waals surface area contributed by atoms with E-state index >= 15 is 0 Å². The Morgan fingerprint density at radius 1 is 1.10 bits per heavy atom. The molecule has 160 valence electrons.